The quantitative estimate of drug-likeness (QED) is 0.0336. The predicted molar refractivity (Wildman–Crippen MR) is 316 cm³/mol. The van der Waals surface area contributed by atoms with Gasteiger partial charge in [0.25, 0.3) is 5.91 Å². The number of ether oxygens (including phenoxy) is 1. The molecule has 0 radical (unpaired) electrons. The van der Waals surface area contributed by atoms with E-state index < -0.39 is 68.8 Å². The van der Waals surface area contributed by atoms with Gasteiger partial charge < -0.3 is 31.3 Å². The summed E-state index contributed by atoms with van der Waals surface area (Å²) < 4.78 is 6.74. The Kier molecular flexibility index (Phi) is 20.8. The highest BCUT2D eigenvalue weighted by atomic mass is 79.9. The van der Waals surface area contributed by atoms with E-state index in [0.717, 1.165) is 32.3 Å². The molecule has 0 unspecified atom stereocenters. The zero-order chi connectivity index (χ0) is 57.3. The molecule has 0 aromatic heterocycles. The summed E-state index contributed by atoms with van der Waals surface area (Å²) in [5.74, 6) is -3.61. The van der Waals surface area contributed by atoms with E-state index in [1.54, 1.807) is 79.7 Å². The number of hydrogen-bond donors (Lipinski definition) is 5. The molecule has 0 bridgehead atoms. The molecule has 13 heteroatoms. The Bertz CT molecular complexity index is 2980. The lowest BCUT2D eigenvalue weighted by atomic mass is 9.84. The van der Waals surface area contributed by atoms with Gasteiger partial charge in [-0.2, -0.15) is 0 Å². The van der Waals surface area contributed by atoms with Crippen molar-refractivity contribution in [2.75, 3.05) is 0 Å². The van der Waals surface area contributed by atoms with Crippen LogP contribution in [0.2, 0.25) is 0 Å². The summed E-state index contributed by atoms with van der Waals surface area (Å²) in [5.41, 5.74) is -4.00. The fourth-order valence-corrected chi connectivity index (χ4v) is 9.47. The number of carbonyl (C=O) groups excluding carboxylic acids is 6. The van der Waals surface area contributed by atoms with Crippen LogP contribution in [-0.4, -0.2) is 68.8 Å². The van der Waals surface area contributed by atoms with Gasteiger partial charge in [-0.25, -0.2) is 4.79 Å². The van der Waals surface area contributed by atoms with Crippen LogP contribution in [0.25, 0.3) is 0 Å². The second-order valence-electron chi connectivity index (χ2n) is 22.9. The minimum atomic E-state index is -1.71. The highest BCUT2D eigenvalue weighted by molar-refractivity contribution is 9.10. The maximum Gasteiger partial charge on any atom is 0.332 e. The first-order valence-corrected chi connectivity index (χ1v) is 28.0. The molecule has 0 saturated heterocycles. The molecular formula is C66H78BrN5O7. The summed E-state index contributed by atoms with van der Waals surface area (Å²) in [6.07, 6.45) is 2.62. The molecule has 0 saturated carbocycles. The Morgan fingerprint density at radius 2 is 0.582 bits per heavy atom. The van der Waals surface area contributed by atoms with Crippen LogP contribution < -0.4 is 26.6 Å². The van der Waals surface area contributed by atoms with Gasteiger partial charge in [-0.15, -0.1) is 0 Å². The monoisotopic (exact) mass is 1130 g/mol. The standard InChI is InChI=1S/C66H78BrN5O7/c1-61(2,3)79-60(78)66(8,47-42-52-32-22-13-23-33-52)72-59(77)65(7,46-41-51-30-20-12-21-31-51)71-58(76)64(6,45-40-50-28-18-11-19-29-50)70-57(75)63(5,44-39-49-26-16-10-17-27-49)69-56(74)62(4,43-38-48-24-14-9-15-25-48)68-55(73)53-34-36-54(67)37-35-53/h9-37H,38-47H2,1-8H3,(H,68,73)(H,69,74)(H,70,75)(H,71,76)(H,72,77)/t62-,63-,64-,65-,66-/m0/s1. The number of benzene rings is 6. The molecule has 12 nitrogen and oxygen atoms in total. The molecule has 416 valence electrons. The summed E-state index contributed by atoms with van der Waals surface area (Å²) in [4.78, 5) is 89.9. The van der Waals surface area contributed by atoms with Crippen molar-refractivity contribution in [3.8, 4) is 0 Å². The lowest BCUT2D eigenvalue weighted by molar-refractivity contribution is -0.165. The lowest BCUT2D eigenvalue weighted by Gasteiger charge is -2.41. The van der Waals surface area contributed by atoms with Crippen LogP contribution in [0.5, 0.6) is 0 Å². The Hall–Kier alpha value is -7.38. The number of amides is 5. The van der Waals surface area contributed by atoms with Gasteiger partial charge in [0.1, 0.15) is 33.3 Å². The molecule has 0 aliphatic carbocycles. The SMILES string of the molecule is CC(C)(C)OC(=O)[C@](C)(CCc1ccccc1)NC(=O)[C@](C)(CCc1ccccc1)NC(=O)[C@](C)(CCc1ccccc1)NC(=O)[C@](C)(CCc1ccccc1)NC(=O)[C@](C)(CCc1ccccc1)NC(=O)c1ccc(Br)cc1. The number of nitrogens with one attached hydrogen (secondary N) is 5. The predicted octanol–water partition coefficient (Wildman–Crippen LogP) is 10.9. The third-order valence-electron chi connectivity index (χ3n) is 14.7. The van der Waals surface area contributed by atoms with E-state index in [1.807, 2.05) is 152 Å². The maximum atomic E-state index is 15.6. The molecule has 5 N–H and O–H groups in total. The molecule has 0 spiro atoms. The number of rotatable bonds is 26. The summed E-state index contributed by atoms with van der Waals surface area (Å²) >= 11 is 3.44. The first-order chi connectivity index (χ1) is 37.4. The normalized spacial score (nSPS) is 15.2. The number of aryl methyl sites for hydroxylation is 5. The second kappa shape index (κ2) is 27.0. The third-order valence-corrected chi connectivity index (χ3v) is 15.2. The highest BCUT2D eigenvalue weighted by Crippen LogP contribution is 2.28. The summed E-state index contributed by atoms with van der Waals surface area (Å²) in [6.45, 7) is 13.5. The Balaban J connectivity index is 1.37. The smallest absolute Gasteiger partial charge is 0.332 e. The van der Waals surface area contributed by atoms with Crippen molar-refractivity contribution in [3.63, 3.8) is 0 Å². The topological polar surface area (TPSA) is 172 Å². The van der Waals surface area contributed by atoms with Gasteiger partial charge in [0.05, 0.1) is 0 Å². The van der Waals surface area contributed by atoms with Crippen LogP contribution >= 0.6 is 15.9 Å². The molecule has 5 amide bonds. The van der Waals surface area contributed by atoms with E-state index in [0.29, 0.717) is 37.7 Å². The van der Waals surface area contributed by atoms with Crippen molar-refractivity contribution in [3.05, 3.63) is 214 Å². The average molecular weight is 1130 g/mol. The van der Waals surface area contributed by atoms with Gasteiger partial charge in [-0.3, -0.25) is 24.0 Å². The molecule has 0 aliphatic rings. The van der Waals surface area contributed by atoms with Crippen molar-refractivity contribution >= 4 is 51.4 Å². The first-order valence-electron chi connectivity index (χ1n) is 27.2. The second-order valence-corrected chi connectivity index (χ2v) is 23.8. The summed E-state index contributed by atoms with van der Waals surface area (Å²) in [5, 5.41) is 15.4. The van der Waals surface area contributed by atoms with Crippen molar-refractivity contribution in [2.45, 2.75) is 153 Å². The van der Waals surface area contributed by atoms with Gasteiger partial charge >= 0.3 is 5.97 Å². The Labute approximate surface area is 475 Å². The van der Waals surface area contributed by atoms with Crippen LogP contribution in [-0.2, 0) is 60.8 Å². The molecule has 6 aromatic carbocycles. The average Bonchev–Trinajstić information content (AvgIpc) is 3.44. The minimum Gasteiger partial charge on any atom is -0.458 e. The van der Waals surface area contributed by atoms with Gasteiger partial charge in [-0.05, 0) is 172 Å². The van der Waals surface area contributed by atoms with Gasteiger partial charge in [-0.1, -0.05) is 168 Å². The van der Waals surface area contributed by atoms with E-state index in [9.17, 15) is 9.59 Å². The van der Waals surface area contributed by atoms with Crippen LogP contribution in [0, 0.1) is 0 Å². The fourth-order valence-electron chi connectivity index (χ4n) is 9.21. The largest absolute Gasteiger partial charge is 0.458 e. The first kappa shape index (κ1) is 60.8. The van der Waals surface area contributed by atoms with Gasteiger partial charge in [0.15, 0.2) is 0 Å². The molecule has 6 rings (SSSR count). The van der Waals surface area contributed by atoms with E-state index in [1.165, 1.54) is 0 Å². The summed E-state index contributed by atoms with van der Waals surface area (Å²) in [6, 6.07) is 54.9. The van der Waals surface area contributed by atoms with Crippen LogP contribution in [0.4, 0.5) is 0 Å². The van der Waals surface area contributed by atoms with E-state index in [-0.39, 0.29) is 32.1 Å². The minimum absolute atomic E-state index is 0.0818. The van der Waals surface area contributed by atoms with Crippen molar-refractivity contribution < 1.29 is 33.5 Å². The number of hydrogen-bond acceptors (Lipinski definition) is 7. The van der Waals surface area contributed by atoms with E-state index >= 15 is 19.2 Å². The van der Waals surface area contributed by atoms with E-state index in [2.05, 4.69) is 42.5 Å². The molecule has 0 fully saturated rings. The Morgan fingerprint density at radius 3 is 0.848 bits per heavy atom. The summed E-state index contributed by atoms with van der Waals surface area (Å²) in [7, 11) is 0. The number of carbonyl (C=O) groups is 6. The maximum absolute atomic E-state index is 15.6. The highest BCUT2D eigenvalue weighted by Gasteiger charge is 2.49. The molecule has 5 atom stereocenters. The van der Waals surface area contributed by atoms with Crippen molar-refractivity contribution in [2.24, 2.45) is 0 Å². The molecule has 0 heterocycles. The molecular weight excluding hydrogens is 1050 g/mol. The van der Waals surface area contributed by atoms with Crippen LogP contribution in [0.3, 0.4) is 0 Å². The molecule has 0 aliphatic heterocycles. The molecule has 79 heavy (non-hydrogen) atoms. The van der Waals surface area contributed by atoms with Crippen LogP contribution in [0.1, 0.15) is 126 Å². The molecule has 6 aromatic rings. The van der Waals surface area contributed by atoms with Crippen molar-refractivity contribution in [1.82, 2.24) is 26.6 Å². The zero-order valence-electron chi connectivity index (χ0n) is 47.0. The van der Waals surface area contributed by atoms with Crippen molar-refractivity contribution in [1.29, 1.82) is 0 Å². The lowest BCUT2D eigenvalue weighted by Crippen LogP contribution is -2.70. The van der Waals surface area contributed by atoms with Gasteiger partial charge in [0.2, 0.25) is 23.6 Å². The van der Waals surface area contributed by atoms with Crippen LogP contribution in [0.15, 0.2) is 180 Å². The Morgan fingerprint density at radius 1 is 0.342 bits per heavy atom. The third kappa shape index (κ3) is 17.8. The van der Waals surface area contributed by atoms with Gasteiger partial charge in [0, 0.05) is 10.0 Å². The number of halogens is 1. The van der Waals surface area contributed by atoms with E-state index in [4.69, 9.17) is 4.74 Å². The number of esters is 1. The fraction of sp³-hybridized carbons (Fsp3) is 0.364. The zero-order valence-corrected chi connectivity index (χ0v) is 48.6.